The third kappa shape index (κ3) is 5.37. The summed E-state index contributed by atoms with van der Waals surface area (Å²) in [6.45, 7) is -3.45. The topological polar surface area (TPSA) is 90.7 Å². The number of para-hydroxylation sites is 2. The highest BCUT2D eigenvalue weighted by molar-refractivity contribution is 5.94. The maximum Gasteiger partial charge on any atom is 0.387 e. The zero-order chi connectivity index (χ0) is 19.9. The number of nitrogens with one attached hydrogen (secondary N) is 1. The molecule has 0 saturated carbocycles. The summed E-state index contributed by atoms with van der Waals surface area (Å²) in [6, 6.07) is 12.4. The normalized spacial score (nSPS) is 11.1. The molecule has 9 heteroatoms. The third-order valence-electron chi connectivity index (χ3n) is 3.38. The predicted octanol–water partition coefficient (Wildman–Crippen LogP) is 3.62. The van der Waals surface area contributed by atoms with Crippen molar-refractivity contribution >= 4 is 34.7 Å². The largest absolute Gasteiger partial charge is 0.452 e. The molecule has 0 aliphatic heterocycles. The van der Waals surface area contributed by atoms with Gasteiger partial charge in [-0.15, -0.1) is 0 Å². The number of amides is 1. The highest BCUT2D eigenvalue weighted by Crippen LogP contribution is 2.18. The first-order chi connectivity index (χ1) is 13.5. The second-order valence-corrected chi connectivity index (χ2v) is 5.41. The zero-order valence-electron chi connectivity index (χ0n) is 14.3. The fourth-order valence-electron chi connectivity index (χ4n) is 2.20. The monoisotopic (exact) mass is 388 g/mol. The molecule has 1 heterocycles. The van der Waals surface area contributed by atoms with Crippen LogP contribution in [0.4, 0.5) is 14.5 Å². The Hall–Kier alpha value is -3.75. The number of ether oxygens (including phenoxy) is 2. The number of halogens is 2. The molecule has 2 aromatic carbocycles. The van der Waals surface area contributed by atoms with E-state index in [1.807, 2.05) is 6.07 Å². The average Bonchev–Trinajstić information content (AvgIpc) is 3.09. The first-order valence-electron chi connectivity index (χ1n) is 8.05. The van der Waals surface area contributed by atoms with Crippen LogP contribution in [0.15, 0.2) is 59.0 Å². The molecule has 3 aromatic rings. The lowest BCUT2D eigenvalue weighted by Gasteiger charge is -2.07. The van der Waals surface area contributed by atoms with Gasteiger partial charge in [0.05, 0.1) is 0 Å². The number of rotatable bonds is 7. The second kappa shape index (κ2) is 8.76. The Morgan fingerprint density at radius 1 is 1.14 bits per heavy atom. The number of esters is 1. The number of aromatic nitrogens is 1. The third-order valence-corrected chi connectivity index (χ3v) is 3.38. The molecule has 7 nitrogen and oxygen atoms in total. The Morgan fingerprint density at radius 2 is 1.89 bits per heavy atom. The summed E-state index contributed by atoms with van der Waals surface area (Å²) >= 11 is 0. The van der Waals surface area contributed by atoms with Crippen LogP contribution in [0.1, 0.15) is 5.89 Å². The number of nitrogens with zero attached hydrogens (tertiary/aromatic N) is 1. The molecule has 0 atom stereocenters. The molecule has 0 bridgehead atoms. The van der Waals surface area contributed by atoms with Crippen LogP contribution in [0.25, 0.3) is 17.2 Å². The van der Waals surface area contributed by atoms with Gasteiger partial charge < -0.3 is 19.2 Å². The fraction of sp³-hybridized carbons (Fsp3) is 0.105. The van der Waals surface area contributed by atoms with Crippen molar-refractivity contribution < 1.29 is 32.3 Å². The number of oxazole rings is 1. The van der Waals surface area contributed by atoms with E-state index in [1.54, 1.807) is 18.2 Å². The van der Waals surface area contributed by atoms with Gasteiger partial charge in [-0.25, -0.2) is 9.78 Å². The van der Waals surface area contributed by atoms with Crippen molar-refractivity contribution in [3.05, 3.63) is 60.5 Å². The summed E-state index contributed by atoms with van der Waals surface area (Å²) < 4.78 is 38.6. The summed E-state index contributed by atoms with van der Waals surface area (Å²) in [5.74, 6) is -1.15. The molecule has 1 aromatic heterocycles. The number of hydrogen-bond donors (Lipinski definition) is 1. The Bertz CT molecular complexity index is 966. The quantitative estimate of drug-likeness (QED) is 0.491. The molecule has 1 N–H and O–H groups in total. The van der Waals surface area contributed by atoms with Crippen molar-refractivity contribution in [2.75, 3.05) is 11.9 Å². The van der Waals surface area contributed by atoms with E-state index in [0.717, 1.165) is 6.08 Å². The Kier molecular flexibility index (Phi) is 5.95. The van der Waals surface area contributed by atoms with Gasteiger partial charge >= 0.3 is 12.6 Å². The summed E-state index contributed by atoms with van der Waals surface area (Å²) in [7, 11) is 0. The van der Waals surface area contributed by atoms with Crippen molar-refractivity contribution in [2.45, 2.75) is 6.61 Å². The maximum atomic E-state index is 12.1. The number of anilines is 1. The zero-order valence-corrected chi connectivity index (χ0v) is 14.3. The van der Waals surface area contributed by atoms with E-state index < -0.39 is 25.1 Å². The molecule has 3 rings (SSSR count). The van der Waals surface area contributed by atoms with Crippen LogP contribution >= 0.6 is 0 Å². The van der Waals surface area contributed by atoms with Gasteiger partial charge in [0.15, 0.2) is 12.2 Å². The average molecular weight is 388 g/mol. The van der Waals surface area contributed by atoms with Crippen LogP contribution in [-0.2, 0) is 14.3 Å². The SMILES string of the molecule is O=C(COC(=O)/C=C/c1nc2ccccc2o1)Nc1ccc(OC(F)F)cc1. The molecule has 28 heavy (non-hydrogen) atoms. The molecule has 144 valence electrons. The number of alkyl halides is 2. The van der Waals surface area contributed by atoms with Crippen molar-refractivity contribution in [3.8, 4) is 5.75 Å². The molecular formula is C19H14F2N2O5. The van der Waals surface area contributed by atoms with E-state index in [1.165, 1.54) is 30.3 Å². The van der Waals surface area contributed by atoms with Gasteiger partial charge in [0.1, 0.15) is 11.3 Å². The number of carbonyl (C=O) groups is 2. The van der Waals surface area contributed by atoms with Gasteiger partial charge in [0.2, 0.25) is 5.89 Å². The molecule has 0 spiro atoms. The number of carbonyl (C=O) groups excluding carboxylic acids is 2. The molecule has 0 aliphatic rings. The van der Waals surface area contributed by atoms with E-state index in [9.17, 15) is 18.4 Å². The number of hydrogen-bond acceptors (Lipinski definition) is 6. The van der Waals surface area contributed by atoms with E-state index in [-0.39, 0.29) is 11.6 Å². The number of benzene rings is 2. The highest BCUT2D eigenvalue weighted by Gasteiger charge is 2.08. The van der Waals surface area contributed by atoms with Crippen LogP contribution in [0.3, 0.4) is 0 Å². The smallest absolute Gasteiger partial charge is 0.387 e. The van der Waals surface area contributed by atoms with Gasteiger partial charge in [-0.2, -0.15) is 8.78 Å². The van der Waals surface area contributed by atoms with Crippen LogP contribution in [0.2, 0.25) is 0 Å². The van der Waals surface area contributed by atoms with Crippen LogP contribution in [-0.4, -0.2) is 30.1 Å². The van der Waals surface area contributed by atoms with Gasteiger partial charge in [0.25, 0.3) is 5.91 Å². The first-order valence-corrected chi connectivity index (χ1v) is 8.05. The standard InChI is InChI=1S/C19H14F2N2O5/c20-19(21)27-13-7-5-12(6-8-13)22-16(24)11-26-18(25)10-9-17-23-14-3-1-2-4-15(14)28-17/h1-10,19H,11H2,(H,22,24)/b10-9+. The number of fused-ring (bicyclic) bond motifs is 1. The Labute approximate surface area is 157 Å². The summed E-state index contributed by atoms with van der Waals surface area (Å²) in [6.07, 6.45) is 2.43. The predicted molar refractivity (Wildman–Crippen MR) is 95.7 cm³/mol. The minimum atomic E-state index is -2.93. The van der Waals surface area contributed by atoms with Gasteiger partial charge in [0, 0.05) is 17.8 Å². The summed E-state index contributed by atoms with van der Waals surface area (Å²) in [5, 5.41) is 2.46. The van der Waals surface area contributed by atoms with E-state index in [2.05, 4.69) is 15.0 Å². The van der Waals surface area contributed by atoms with E-state index >= 15 is 0 Å². The van der Waals surface area contributed by atoms with Crippen molar-refractivity contribution in [1.82, 2.24) is 4.98 Å². The highest BCUT2D eigenvalue weighted by atomic mass is 19.3. The van der Waals surface area contributed by atoms with Crippen LogP contribution in [0.5, 0.6) is 5.75 Å². The lowest BCUT2D eigenvalue weighted by atomic mass is 10.3. The van der Waals surface area contributed by atoms with E-state index in [0.29, 0.717) is 16.8 Å². The van der Waals surface area contributed by atoms with Crippen molar-refractivity contribution in [2.24, 2.45) is 0 Å². The Balaban J connectivity index is 1.46. The molecule has 0 unspecified atom stereocenters. The second-order valence-electron chi connectivity index (χ2n) is 5.41. The molecule has 0 saturated heterocycles. The molecule has 0 fully saturated rings. The van der Waals surface area contributed by atoms with Gasteiger partial charge in [-0.3, -0.25) is 4.79 Å². The van der Waals surface area contributed by atoms with Gasteiger partial charge in [-0.05, 0) is 36.4 Å². The summed E-state index contributed by atoms with van der Waals surface area (Å²) in [4.78, 5) is 27.6. The molecular weight excluding hydrogens is 374 g/mol. The minimum Gasteiger partial charge on any atom is -0.452 e. The molecule has 0 aliphatic carbocycles. The van der Waals surface area contributed by atoms with Crippen molar-refractivity contribution in [3.63, 3.8) is 0 Å². The molecule has 1 amide bonds. The molecule has 0 radical (unpaired) electrons. The minimum absolute atomic E-state index is 0.0382. The fourth-order valence-corrected chi connectivity index (χ4v) is 2.20. The maximum absolute atomic E-state index is 12.1. The van der Waals surface area contributed by atoms with Crippen LogP contribution in [0, 0.1) is 0 Å². The first kappa shape index (κ1) is 19.0. The Morgan fingerprint density at radius 3 is 2.61 bits per heavy atom. The van der Waals surface area contributed by atoms with Crippen molar-refractivity contribution in [1.29, 1.82) is 0 Å². The summed E-state index contributed by atoms with van der Waals surface area (Å²) in [5.41, 5.74) is 1.57. The van der Waals surface area contributed by atoms with Gasteiger partial charge in [-0.1, -0.05) is 12.1 Å². The lowest BCUT2D eigenvalue weighted by Crippen LogP contribution is -2.20. The lowest BCUT2D eigenvalue weighted by molar-refractivity contribution is -0.142. The van der Waals surface area contributed by atoms with Crippen LogP contribution < -0.4 is 10.1 Å². The van der Waals surface area contributed by atoms with E-state index in [4.69, 9.17) is 9.15 Å².